The van der Waals surface area contributed by atoms with Crippen LogP contribution >= 0.6 is 0 Å². The number of nitrogens with two attached hydrogens (primary N) is 1. The zero-order valence-electron chi connectivity index (χ0n) is 22.9. The van der Waals surface area contributed by atoms with E-state index >= 15 is 0 Å². The second kappa shape index (κ2) is 13.4. The number of fused-ring (bicyclic) bond motifs is 1. The van der Waals surface area contributed by atoms with Crippen molar-refractivity contribution in [2.24, 2.45) is 29.4 Å². The molecule has 3 aliphatic carbocycles. The van der Waals surface area contributed by atoms with Crippen molar-refractivity contribution in [2.75, 3.05) is 26.2 Å². The first kappa shape index (κ1) is 26.9. The van der Waals surface area contributed by atoms with Gasteiger partial charge in [0.2, 0.25) is 0 Å². The Kier molecular flexibility index (Phi) is 10.4. The molecule has 0 aromatic carbocycles. The molecule has 3 N–H and O–H groups in total. The molecule has 35 heavy (non-hydrogen) atoms. The molecular weight excluding hydrogens is 430 g/mol. The third-order valence-electron chi connectivity index (χ3n) is 9.63. The summed E-state index contributed by atoms with van der Waals surface area (Å²) in [6, 6.07) is 1.05. The molecule has 2 fully saturated rings. The molecule has 4 rings (SSSR count). The Hall–Kier alpha value is -1.10. The lowest BCUT2D eigenvalue weighted by Crippen LogP contribution is -2.53. The molecule has 0 radical (unpaired) electrons. The van der Waals surface area contributed by atoms with Crippen LogP contribution in [0.1, 0.15) is 91.4 Å². The third kappa shape index (κ3) is 7.46. The molecule has 0 amide bonds. The summed E-state index contributed by atoms with van der Waals surface area (Å²) in [4.78, 5) is 2.77. The Labute approximate surface area is 215 Å². The Balaban J connectivity index is 1.41. The molecule has 4 nitrogen and oxygen atoms in total. The first-order valence-electron chi connectivity index (χ1n) is 14.9. The second-order valence-corrected chi connectivity index (χ2v) is 12.2. The largest absolute Gasteiger partial charge is 0.405 e. The van der Waals surface area contributed by atoms with Crippen LogP contribution in [-0.2, 0) is 4.74 Å². The number of unbranched alkanes of at least 4 members (excludes halogenated alkanes) is 1. The molecule has 1 saturated carbocycles. The topological polar surface area (TPSA) is 50.5 Å². The van der Waals surface area contributed by atoms with Crippen LogP contribution in [0, 0.1) is 23.7 Å². The molecule has 4 aliphatic rings. The van der Waals surface area contributed by atoms with Crippen LogP contribution in [0.4, 0.5) is 0 Å². The standard InChI is InChI=1S/C31H53N3O/c1-4-5-8-25(20-32)21-33-24(3)28-17-26(18-29(19-28)27-13-11-23(2)12-14-27)22-34-15-16-35-31-10-7-6-9-30(31)34/h6,9,11,20,24,26-31,33H,4-5,7-8,10,12-19,21-22,32H2,1-3H3/b25-20+/t24-,26?,27?,28?,29-,30?,31?/m1/s1. The van der Waals surface area contributed by atoms with Crippen LogP contribution in [0.15, 0.2) is 35.6 Å². The molecular formula is C31H53N3O. The summed E-state index contributed by atoms with van der Waals surface area (Å²) in [5.74, 6) is 3.31. The molecule has 0 aromatic heterocycles. The maximum Gasteiger partial charge on any atom is 0.0769 e. The molecule has 1 heterocycles. The predicted molar refractivity (Wildman–Crippen MR) is 148 cm³/mol. The minimum atomic E-state index is 0.417. The first-order valence-corrected chi connectivity index (χ1v) is 14.9. The normalized spacial score (nSPS) is 35.4. The Morgan fingerprint density at radius 2 is 2.14 bits per heavy atom. The van der Waals surface area contributed by atoms with E-state index in [1.54, 1.807) is 5.57 Å². The van der Waals surface area contributed by atoms with Gasteiger partial charge in [-0.25, -0.2) is 0 Å². The van der Waals surface area contributed by atoms with Crippen molar-refractivity contribution in [3.63, 3.8) is 0 Å². The van der Waals surface area contributed by atoms with E-state index in [4.69, 9.17) is 10.5 Å². The highest BCUT2D eigenvalue weighted by molar-refractivity contribution is 5.07. The predicted octanol–water partition coefficient (Wildman–Crippen LogP) is 6.20. The number of hydrogen-bond acceptors (Lipinski definition) is 4. The summed E-state index contributed by atoms with van der Waals surface area (Å²) >= 11 is 0. The van der Waals surface area contributed by atoms with E-state index in [2.05, 4.69) is 49.2 Å². The first-order chi connectivity index (χ1) is 17.1. The van der Waals surface area contributed by atoms with Gasteiger partial charge in [-0.2, -0.15) is 0 Å². The average Bonchev–Trinajstić information content (AvgIpc) is 2.89. The Bertz CT molecular complexity index is 744. The maximum atomic E-state index is 6.15. The lowest BCUT2D eigenvalue weighted by Gasteiger charge is -2.46. The van der Waals surface area contributed by atoms with Crippen LogP contribution in [-0.4, -0.2) is 49.3 Å². The van der Waals surface area contributed by atoms with Gasteiger partial charge in [-0.1, -0.05) is 37.1 Å². The van der Waals surface area contributed by atoms with E-state index in [1.165, 1.54) is 76.3 Å². The van der Waals surface area contributed by atoms with E-state index in [1.807, 2.05) is 6.20 Å². The van der Waals surface area contributed by atoms with Crippen molar-refractivity contribution in [3.05, 3.63) is 35.6 Å². The van der Waals surface area contributed by atoms with E-state index in [9.17, 15) is 0 Å². The smallest absolute Gasteiger partial charge is 0.0769 e. The van der Waals surface area contributed by atoms with E-state index < -0.39 is 0 Å². The number of rotatable bonds is 10. The Morgan fingerprint density at radius 1 is 1.26 bits per heavy atom. The summed E-state index contributed by atoms with van der Waals surface area (Å²) in [6.07, 6.45) is 23.8. The molecule has 4 heteroatoms. The highest BCUT2D eigenvalue weighted by Gasteiger charge is 2.39. The molecule has 0 bridgehead atoms. The van der Waals surface area contributed by atoms with Crippen LogP contribution in [0.2, 0.25) is 0 Å². The van der Waals surface area contributed by atoms with Crippen molar-refractivity contribution < 1.29 is 4.74 Å². The molecule has 198 valence electrons. The van der Waals surface area contributed by atoms with E-state index in [-0.39, 0.29) is 0 Å². The maximum absolute atomic E-state index is 6.15. The zero-order chi connectivity index (χ0) is 24.6. The molecule has 1 aliphatic heterocycles. The monoisotopic (exact) mass is 483 g/mol. The van der Waals surface area contributed by atoms with Gasteiger partial charge >= 0.3 is 0 Å². The van der Waals surface area contributed by atoms with Gasteiger partial charge in [0.1, 0.15) is 0 Å². The number of nitrogens with one attached hydrogen (secondary N) is 1. The van der Waals surface area contributed by atoms with Gasteiger partial charge in [0.05, 0.1) is 18.8 Å². The van der Waals surface area contributed by atoms with Gasteiger partial charge in [0, 0.05) is 25.7 Å². The summed E-state index contributed by atoms with van der Waals surface area (Å²) < 4.78 is 6.15. The highest BCUT2D eigenvalue weighted by Crippen LogP contribution is 2.44. The highest BCUT2D eigenvalue weighted by atomic mass is 16.5. The van der Waals surface area contributed by atoms with Gasteiger partial charge in [-0.15, -0.1) is 0 Å². The van der Waals surface area contributed by atoms with Crippen LogP contribution < -0.4 is 11.1 Å². The van der Waals surface area contributed by atoms with Crippen molar-refractivity contribution in [1.82, 2.24) is 10.2 Å². The molecule has 1 saturated heterocycles. The Morgan fingerprint density at radius 3 is 2.91 bits per heavy atom. The minimum absolute atomic E-state index is 0.417. The molecule has 0 spiro atoms. The number of hydrogen-bond donors (Lipinski definition) is 2. The van der Waals surface area contributed by atoms with Gasteiger partial charge in [0.15, 0.2) is 0 Å². The second-order valence-electron chi connectivity index (χ2n) is 12.2. The fourth-order valence-electron chi connectivity index (χ4n) is 7.33. The van der Waals surface area contributed by atoms with Crippen molar-refractivity contribution in [3.8, 4) is 0 Å². The van der Waals surface area contributed by atoms with Crippen molar-refractivity contribution >= 4 is 0 Å². The molecule has 5 unspecified atom stereocenters. The molecule has 0 aromatic rings. The quantitative estimate of drug-likeness (QED) is 0.364. The SMILES string of the molecule is CCCC/C(=C\N)CN[C@H](C)C1CC(CN2CCOC3CCC=CC32)C[C@@H](C2CC=C(C)CC2)C1. The lowest BCUT2D eigenvalue weighted by molar-refractivity contribution is -0.0694. The zero-order valence-corrected chi connectivity index (χ0v) is 22.9. The summed E-state index contributed by atoms with van der Waals surface area (Å²) in [7, 11) is 0. The van der Waals surface area contributed by atoms with Gasteiger partial charge in [-0.05, 0) is 114 Å². The number of ether oxygens (including phenoxy) is 1. The summed E-state index contributed by atoms with van der Waals surface area (Å²) in [5, 5.41) is 3.91. The van der Waals surface area contributed by atoms with E-state index in [0.717, 1.165) is 49.8 Å². The fourth-order valence-corrected chi connectivity index (χ4v) is 7.33. The fraction of sp³-hybridized carbons (Fsp3) is 0.806. The van der Waals surface area contributed by atoms with Crippen molar-refractivity contribution in [2.45, 2.75) is 110 Å². The number of morpholine rings is 1. The van der Waals surface area contributed by atoms with Gasteiger partial charge in [0.25, 0.3) is 0 Å². The summed E-state index contributed by atoms with van der Waals surface area (Å²) in [6.45, 7) is 11.2. The number of allylic oxidation sites excluding steroid dienone is 3. The van der Waals surface area contributed by atoms with Gasteiger partial charge < -0.3 is 15.8 Å². The minimum Gasteiger partial charge on any atom is -0.405 e. The van der Waals surface area contributed by atoms with Crippen molar-refractivity contribution in [1.29, 1.82) is 0 Å². The molecule has 7 atom stereocenters. The van der Waals surface area contributed by atoms with Gasteiger partial charge in [-0.3, -0.25) is 4.90 Å². The lowest BCUT2D eigenvalue weighted by atomic mass is 9.66. The number of nitrogens with zero attached hydrogens (tertiary/aromatic N) is 1. The van der Waals surface area contributed by atoms with Crippen LogP contribution in [0.3, 0.4) is 0 Å². The van der Waals surface area contributed by atoms with Crippen LogP contribution in [0.5, 0.6) is 0 Å². The summed E-state index contributed by atoms with van der Waals surface area (Å²) in [5.41, 5.74) is 8.94. The average molecular weight is 484 g/mol. The van der Waals surface area contributed by atoms with E-state index in [0.29, 0.717) is 18.2 Å². The van der Waals surface area contributed by atoms with Crippen LogP contribution in [0.25, 0.3) is 0 Å². The third-order valence-corrected chi connectivity index (χ3v) is 9.63.